The number of anilines is 1. The molecule has 19 heavy (non-hydrogen) atoms. The third-order valence-corrected chi connectivity index (χ3v) is 2.61. The zero-order valence-electron chi connectivity index (χ0n) is 10.8. The third kappa shape index (κ3) is 5.56. The van der Waals surface area contributed by atoms with Gasteiger partial charge in [0.2, 0.25) is 0 Å². The molecule has 1 aromatic rings. The van der Waals surface area contributed by atoms with Crippen LogP contribution in [0.3, 0.4) is 0 Å². The van der Waals surface area contributed by atoms with E-state index in [1.54, 1.807) is 7.11 Å². The minimum Gasteiger partial charge on any atom is -0.392 e. The fourth-order valence-electron chi connectivity index (χ4n) is 1.27. The third-order valence-electron chi connectivity index (χ3n) is 2.30. The van der Waals surface area contributed by atoms with Crippen LogP contribution < -0.4 is 11.3 Å². The fourth-order valence-corrected chi connectivity index (χ4v) is 1.40. The van der Waals surface area contributed by atoms with Crippen LogP contribution in [0.5, 0.6) is 0 Å². The van der Waals surface area contributed by atoms with Crippen molar-refractivity contribution in [2.24, 2.45) is 0 Å². The van der Waals surface area contributed by atoms with Gasteiger partial charge < -0.3 is 19.9 Å². The zero-order valence-corrected chi connectivity index (χ0v) is 11.6. The topological polar surface area (TPSA) is 88.6 Å². The molecule has 0 amide bonds. The molecule has 0 radical (unpaired) electrons. The molecule has 1 heterocycles. The first kappa shape index (κ1) is 15.9. The zero-order chi connectivity index (χ0) is 14.1. The normalized spacial score (nSPS) is 10.8. The van der Waals surface area contributed by atoms with Crippen molar-refractivity contribution in [3.63, 3.8) is 0 Å². The lowest BCUT2D eigenvalue weighted by molar-refractivity contribution is 0.0229. The van der Waals surface area contributed by atoms with Gasteiger partial charge in [-0.15, -0.1) is 0 Å². The summed E-state index contributed by atoms with van der Waals surface area (Å²) in [5.41, 5.74) is 5.07. The summed E-state index contributed by atoms with van der Waals surface area (Å²) in [6.45, 7) is 2.78. The van der Waals surface area contributed by atoms with E-state index >= 15 is 0 Å². The molecule has 0 unspecified atom stereocenters. The SMILES string of the molecule is COCCOCCOCCn1cnc(Cl)c(N)c1=O. The van der Waals surface area contributed by atoms with E-state index in [1.807, 2.05) is 0 Å². The molecule has 0 aliphatic carbocycles. The molecular weight excluding hydrogens is 274 g/mol. The summed E-state index contributed by atoms with van der Waals surface area (Å²) in [5.74, 6) is 0. The van der Waals surface area contributed by atoms with Crippen LogP contribution in [-0.2, 0) is 20.8 Å². The Bertz CT molecular complexity index is 438. The lowest BCUT2D eigenvalue weighted by Crippen LogP contribution is -2.25. The fraction of sp³-hybridized carbons (Fsp3) is 0.636. The van der Waals surface area contributed by atoms with Gasteiger partial charge >= 0.3 is 0 Å². The molecule has 0 aliphatic heterocycles. The van der Waals surface area contributed by atoms with E-state index in [1.165, 1.54) is 10.9 Å². The summed E-state index contributed by atoms with van der Waals surface area (Å²) >= 11 is 5.62. The van der Waals surface area contributed by atoms with E-state index in [-0.39, 0.29) is 16.4 Å². The van der Waals surface area contributed by atoms with Gasteiger partial charge in [0.1, 0.15) is 5.69 Å². The number of nitrogen functional groups attached to an aromatic ring is 1. The summed E-state index contributed by atoms with van der Waals surface area (Å²) in [5, 5.41) is 0.0220. The van der Waals surface area contributed by atoms with Gasteiger partial charge in [-0.1, -0.05) is 11.6 Å². The predicted octanol–water partition coefficient (Wildman–Crippen LogP) is 0.158. The Labute approximate surface area is 116 Å². The van der Waals surface area contributed by atoms with Crippen molar-refractivity contribution in [3.05, 3.63) is 21.8 Å². The number of methoxy groups -OCH3 is 1. The molecule has 1 aromatic heterocycles. The Hall–Kier alpha value is -1.15. The van der Waals surface area contributed by atoms with Gasteiger partial charge in [-0.25, -0.2) is 4.98 Å². The maximum absolute atomic E-state index is 11.6. The van der Waals surface area contributed by atoms with Gasteiger partial charge in [-0.3, -0.25) is 9.36 Å². The first-order chi connectivity index (χ1) is 9.16. The Morgan fingerprint density at radius 2 is 1.89 bits per heavy atom. The second kappa shape index (κ2) is 8.87. The summed E-state index contributed by atoms with van der Waals surface area (Å²) in [4.78, 5) is 15.4. The van der Waals surface area contributed by atoms with Crippen molar-refractivity contribution in [3.8, 4) is 0 Å². The van der Waals surface area contributed by atoms with E-state index in [9.17, 15) is 4.79 Å². The summed E-state index contributed by atoms with van der Waals surface area (Å²) in [6, 6.07) is 0. The van der Waals surface area contributed by atoms with Crippen LogP contribution in [0.1, 0.15) is 0 Å². The minimum absolute atomic E-state index is 0.0220. The van der Waals surface area contributed by atoms with Crippen LogP contribution in [-0.4, -0.2) is 49.7 Å². The highest BCUT2D eigenvalue weighted by Crippen LogP contribution is 2.07. The number of aromatic nitrogens is 2. The van der Waals surface area contributed by atoms with Crippen molar-refractivity contribution in [1.29, 1.82) is 0 Å². The van der Waals surface area contributed by atoms with E-state index in [4.69, 9.17) is 31.5 Å². The van der Waals surface area contributed by atoms with E-state index < -0.39 is 0 Å². The van der Waals surface area contributed by atoms with Crippen LogP contribution in [0, 0.1) is 0 Å². The molecule has 0 bridgehead atoms. The number of rotatable bonds is 9. The maximum Gasteiger partial charge on any atom is 0.278 e. The smallest absolute Gasteiger partial charge is 0.278 e. The second-order valence-electron chi connectivity index (χ2n) is 3.67. The van der Waals surface area contributed by atoms with Crippen LogP contribution in [0.4, 0.5) is 5.69 Å². The Balaban J connectivity index is 2.20. The van der Waals surface area contributed by atoms with E-state index in [2.05, 4.69) is 4.98 Å². The predicted molar refractivity (Wildman–Crippen MR) is 71.4 cm³/mol. The largest absolute Gasteiger partial charge is 0.392 e. The average Bonchev–Trinajstić information content (AvgIpc) is 2.41. The number of hydrogen-bond donors (Lipinski definition) is 1. The molecule has 0 spiro atoms. The highest BCUT2D eigenvalue weighted by atomic mass is 35.5. The Kier molecular flexibility index (Phi) is 7.42. The van der Waals surface area contributed by atoms with Gasteiger partial charge in [0.15, 0.2) is 5.15 Å². The standard InChI is InChI=1S/C11H18ClN3O4/c1-17-4-5-19-7-6-18-3-2-15-8-14-10(12)9(13)11(15)16/h8H,2-7,13H2,1H3. The molecular formula is C11H18ClN3O4. The molecule has 8 heteroatoms. The minimum atomic E-state index is -0.361. The van der Waals surface area contributed by atoms with Crippen LogP contribution >= 0.6 is 11.6 Å². The molecule has 7 nitrogen and oxygen atoms in total. The van der Waals surface area contributed by atoms with Crippen LogP contribution in [0.2, 0.25) is 5.15 Å². The molecule has 0 fully saturated rings. The molecule has 0 aliphatic rings. The summed E-state index contributed by atoms with van der Waals surface area (Å²) in [6.07, 6.45) is 1.35. The first-order valence-corrected chi connectivity index (χ1v) is 6.19. The van der Waals surface area contributed by atoms with Gasteiger partial charge in [-0.2, -0.15) is 0 Å². The van der Waals surface area contributed by atoms with Crippen LogP contribution in [0.25, 0.3) is 0 Å². The lowest BCUT2D eigenvalue weighted by Gasteiger charge is -2.08. The van der Waals surface area contributed by atoms with Crippen molar-refractivity contribution < 1.29 is 14.2 Å². The van der Waals surface area contributed by atoms with Gasteiger partial charge in [0, 0.05) is 7.11 Å². The monoisotopic (exact) mass is 291 g/mol. The molecule has 0 saturated heterocycles. The quantitative estimate of drug-likeness (QED) is 0.515. The molecule has 0 saturated carbocycles. The maximum atomic E-state index is 11.6. The molecule has 108 valence electrons. The highest BCUT2D eigenvalue weighted by Gasteiger charge is 2.05. The van der Waals surface area contributed by atoms with Gasteiger partial charge in [-0.05, 0) is 0 Å². The highest BCUT2D eigenvalue weighted by molar-refractivity contribution is 6.31. The van der Waals surface area contributed by atoms with Crippen LogP contribution in [0.15, 0.2) is 11.1 Å². The second-order valence-corrected chi connectivity index (χ2v) is 4.02. The first-order valence-electron chi connectivity index (χ1n) is 5.81. The van der Waals surface area contributed by atoms with Crippen molar-refractivity contribution in [2.75, 3.05) is 45.9 Å². The molecule has 1 rings (SSSR count). The summed E-state index contributed by atoms with van der Waals surface area (Å²) < 4.78 is 16.7. The number of halogens is 1. The van der Waals surface area contributed by atoms with Gasteiger partial charge in [0.05, 0.1) is 45.9 Å². The van der Waals surface area contributed by atoms with E-state index in [0.29, 0.717) is 39.6 Å². The van der Waals surface area contributed by atoms with Crippen molar-refractivity contribution in [1.82, 2.24) is 9.55 Å². The average molecular weight is 292 g/mol. The van der Waals surface area contributed by atoms with Crippen molar-refractivity contribution >= 4 is 17.3 Å². The van der Waals surface area contributed by atoms with E-state index in [0.717, 1.165) is 0 Å². The van der Waals surface area contributed by atoms with Crippen molar-refractivity contribution in [2.45, 2.75) is 6.54 Å². The Morgan fingerprint density at radius 1 is 1.26 bits per heavy atom. The molecule has 0 aromatic carbocycles. The number of nitrogens with two attached hydrogens (primary N) is 1. The molecule has 2 N–H and O–H groups in total. The number of ether oxygens (including phenoxy) is 3. The van der Waals surface area contributed by atoms with Gasteiger partial charge in [0.25, 0.3) is 5.56 Å². The number of nitrogens with zero attached hydrogens (tertiary/aromatic N) is 2. The summed E-state index contributed by atoms with van der Waals surface area (Å²) in [7, 11) is 1.61. The number of hydrogen-bond acceptors (Lipinski definition) is 6. The Morgan fingerprint density at radius 3 is 2.58 bits per heavy atom. The lowest BCUT2D eigenvalue weighted by atomic mass is 10.5. The molecule has 0 atom stereocenters.